The van der Waals surface area contributed by atoms with E-state index in [2.05, 4.69) is 0 Å². The van der Waals surface area contributed by atoms with Gasteiger partial charge in [-0.2, -0.15) is 0 Å². The second kappa shape index (κ2) is 1.63. The molecule has 0 radical (unpaired) electrons. The summed E-state index contributed by atoms with van der Waals surface area (Å²) in [6.07, 6.45) is 7.70. The molecule has 0 bridgehead atoms. The normalized spacial score (nSPS) is 21.3. The van der Waals surface area contributed by atoms with Crippen LogP contribution in [0, 0.1) is 0 Å². The van der Waals surface area contributed by atoms with E-state index < -0.39 is 0 Å². The number of hydrogen-bond donors (Lipinski definition) is 1. The van der Waals surface area contributed by atoms with Crippen LogP contribution in [-0.2, 0) is 0 Å². The fourth-order valence-electron chi connectivity index (χ4n) is 1.35. The Hall–Kier alpha value is -1.24. The van der Waals surface area contributed by atoms with E-state index >= 15 is 0 Å². The molecular formula is C9H8O. The Bertz CT molecular complexity index is 294. The first kappa shape index (κ1) is 5.54. The van der Waals surface area contributed by atoms with Crippen molar-refractivity contribution in [2.75, 3.05) is 0 Å². The van der Waals surface area contributed by atoms with E-state index in [1.54, 1.807) is 6.08 Å². The van der Waals surface area contributed by atoms with Crippen LogP contribution < -0.4 is 0 Å². The van der Waals surface area contributed by atoms with Crippen molar-refractivity contribution >= 4 is 0 Å². The summed E-state index contributed by atoms with van der Waals surface area (Å²) < 4.78 is 0. The molecule has 0 heterocycles. The summed E-state index contributed by atoms with van der Waals surface area (Å²) in [5, 5.41) is 9.28. The largest absolute Gasteiger partial charge is 0.507 e. The Balaban J connectivity index is 2.59. The minimum Gasteiger partial charge on any atom is -0.507 e. The lowest BCUT2D eigenvalue weighted by Gasteiger charge is -1.94. The van der Waals surface area contributed by atoms with Crippen LogP contribution in [0.3, 0.4) is 0 Å². The minimum atomic E-state index is 0.400. The van der Waals surface area contributed by atoms with Crippen molar-refractivity contribution < 1.29 is 5.11 Å². The van der Waals surface area contributed by atoms with Crippen molar-refractivity contribution in [2.24, 2.45) is 0 Å². The molecule has 1 heteroatoms. The van der Waals surface area contributed by atoms with Gasteiger partial charge in [0, 0.05) is 5.57 Å². The van der Waals surface area contributed by atoms with Crippen LogP contribution in [-0.4, -0.2) is 5.11 Å². The number of allylic oxidation sites excluding steroid dienone is 7. The molecule has 0 aromatic rings. The van der Waals surface area contributed by atoms with Gasteiger partial charge in [-0.1, -0.05) is 18.2 Å². The molecule has 0 spiro atoms. The highest BCUT2D eigenvalue weighted by Gasteiger charge is 2.17. The van der Waals surface area contributed by atoms with E-state index in [0.29, 0.717) is 5.76 Å². The van der Waals surface area contributed by atoms with E-state index in [0.717, 1.165) is 16.7 Å². The molecule has 10 heavy (non-hydrogen) atoms. The molecule has 0 atom stereocenters. The topological polar surface area (TPSA) is 20.2 Å². The van der Waals surface area contributed by atoms with Gasteiger partial charge in [0.2, 0.25) is 0 Å². The van der Waals surface area contributed by atoms with Gasteiger partial charge in [-0.25, -0.2) is 0 Å². The summed E-state index contributed by atoms with van der Waals surface area (Å²) in [5.41, 5.74) is 3.28. The smallest absolute Gasteiger partial charge is 0.123 e. The van der Waals surface area contributed by atoms with Crippen molar-refractivity contribution in [3.8, 4) is 0 Å². The van der Waals surface area contributed by atoms with Crippen LogP contribution >= 0.6 is 0 Å². The first-order chi connectivity index (χ1) is 4.79. The fraction of sp³-hybridized carbons (Fsp3) is 0.111. The lowest BCUT2D eigenvalue weighted by Crippen LogP contribution is -1.78. The third-order valence-corrected chi connectivity index (χ3v) is 1.87. The van der Waals surface area contributed by atoms with Gasteiger partial charge in [0.05, 0.1) is 0 Å². The summed E-state index contributed by atoms with van der Waals surface area (Å²) in [4.78, 5) is 0. The Morgan fingerprint density at radius 2 is 2.20 bits per heavy atom. The summed E-state index contributed by atoms with van der Waals surface area (Å²) in [5.74, 6) is 0.400. The number of aliphatic hydroxyl groups excluding tert-OH is 1. The molecule has 1 nitrogen and oxygen atoms in total. The minimum absolute atomic E-state index is 0.400. The molecule has 2 rings (SSSR count). The molecule has 0 saturated carbocycles. The summed E-state index contributed by atoms with van der Waals surface area (Å²) in [7, 11) is 0. The highest BCUT2D eigenvalue weighted by molar-refractivity contribution is 5.65. The average molecular weight is 132 g/mol. The fourth-order valence-corrected chi connectivity index (χ4v) is 1.35. The lowest BCUT2D eigenvalue weighted by molar-refractivity contribution is 0.431. The van der Waals surface area contributed by atoms with E-state index in [9.17, 15) is 5.11 Å². The number of fused-ring (bicyclic) bond motifs is 1. The summed E-state index contributed by atoms with van der Waals surface area (Å²) in [6, 6.07) is 0. The third kappa shape index (κ3) is 0.520. The molecular weight excluding hydrogens is 124 g/mol. The van der Waals surface area contributed by atoms with Gasteiger partial charge in [0.25, 0.3) is 0 Å². The average Bonchev–Trinajstić information content (AvgIpc) is 2.39. The predicted octanol–water partition coefficient (Wildman–Crippen LogP) is 2.25. The van der Waals surface area contributed by atoms with Crippen LogP contribution in [0.15, 0.2) is 46.8 Å². The van der Waals surface area contributed by atoms with Crippen LogP contribution in [0.5, 0.6) is 0 Å². The van der Waals surface area contributed by atoms with Crippen molar-refractivity contribution in [1.82, 2.24) is 0 Å². The number of hydrogen-bond acceptors (Lipinski definition) is 1. The molecule has 50 valence electrons. The van der Waals surface area contributed by atoms with Gasteiger partial charge < -0.3 is 5.11 Å². The van der Waals surface area contributed by atoms with Crippen LogP contribution in [0.4, 0.5) is 0 Å². The highest BCUT2D eigenvalue weighted by atomic mass is 16.3. The summed E-state index contributed by atoms with van der Waals surface area (Å²) >= 11 is 0. The Labute approximate surface area is 59.7 Å². The van der Waals surface area contributed by atoms with E-state index in [4.69, 9.17) is 0 Å². The van der Waals surface area contributed by atoms with Gasteiger partial charge in [-0.05, 0) is 24.1 Å². The van der Waals surface area contributed by atoms with Crippen LogP contribution in [0.25, 0.3) is 0 Å². The second-order valence-corrected chi connectivity index (χ2v) is 2.57. The van der Waals surface area contributed by atoms with Crippen LogP contribution in [0.1, 0.15) is 6.92 Å². The quantitative estimate of drug-likeness (QED) is 0.536. The first-order valence-corrected chi connectivity index (χ1v) is 3.29. The zero-order chi connectivity index (χ0) is 7.14. The van der Waals surface area contributed by atoms with E-state index in [-0.39, 0.29) is 0 Å². The number of rotatable bonds is 0. The van der Waals surface area contributed by atoms with Gasteiger partial charge in [0.1, 0.15) is 5.76 Å². The maximum absolute atomic E-state index is 9.28. The SMILES string of the molecule is CC1=CC(O)=C2C=CC=C12. The molecule has 1 N–H and O–H groups in total. The van der Waals surface area contributed by atoms with Gasteiger partial charge in [-0.15, -0.1) is 0 Å². The van der Waals surface area contributed by atoms with Gasteiger partial charge in [0.15, 0.2) is 0 Å². The maximum atomic E-state index is 9.28. The predicted molar refractivity (Wildman–Crippen MR) is 40.6 cm³/mol. The number of aliphatic hydroxyl groups is 1. The molecule has 2 aliphatic carbocycles. The van der Waals surface area contributed by atoms with Gasteiger partial charge in [-0.3, -0.25) is 0 Å². The monoisotopic (exact) mass is 132 g/mol. The first-order valence-electron chi connectivity index (χ1n) is 3.29. The molecule has 2 aliphatic rings. The van der Waals surface area contributed by atoms with Crippen molar-refractivity contribution in [2.45, 2.75) is 6.92 Å². The third-order valence-electron chi connectivity index (χ3n) is 1.87. The lowest BCUT2D eigenvalue weighted by atomic mass is 10.1. The molecule has 0 saturated heterocycles. The molecule has 0 aliphatic heterocycles. The zero-order valence-electron chi connectivity index (χ0n) is 5.76. The Kier molecular flexibility index (Phi) is 0.901. The molecule has 0 aromatic heterocycles. The molecule has 0 fully saturated rings. The highest BCUT2D eigenvalue weighted by Crippen LogP contribution is 2.33. The van der Waals surface area contributed by atoms with Crippen molar-refractivity contribution in [1.29, 1.82) is 0 Å². The van der Waals surface area contributed by atoms with Crippen molar-refractivity contribution in [3.63, 3.8) is 0 Å². The van der Waals surface area contributed by atoms with E-state index in [1.807, 2.05) is 25.2 Å². The Morgan fingerprint density at radius 3 is 2.90 bits per heavy atom. The second-order valence-electron chi connectivity index (χ2n) is 2.57. The zero-order valence-corrected chi connectivity index (χ0v) is 5.76. The molecule has 0 aromatic carbocycles. The van der Waals surface area contributed by atoms with Crippen LogP contribution in [0.2, 0.25) is 0 Å². The summed E-state index contributed by atoms with van der Waals surface area (Å²) in [6.45, 7) is 2.00. The van der Waals surface area contributed by atoms with Gasteiger partial charge >= 0.3 is 0 Å². The van der Waals surface area contributed by atoms with E-state index in [1.165, 1.54) is 0 Å². The van der Waals surface area contributed by atoms with Crippen molar-refractivity contribution in [3.05, 3.63) is 46.8 Å². The molecule has 0 amide bonds. The Morgan fingerprint density at radius 1 is 1.40 bits per heavy atom. The maximum Gasteiger partial charge on any atom is 0.123 e. The standard InChI is InChI=1S/C9H8O/c1-6-5-9(10)8-4-2-3-7(6)8/h2-5,10H,1H3. The molecule has 0 unspecified atom stereocenters.